The van der Waals surface area contributed by atoms with Gasteiger partial charge in [-0.1, -0.05) is 48.0 Å². The Kier molecular flexibility index (Phi) is 4.84. The van der Waals surface area contributed by atoms with Crippen molar-refractivity contribution in [1.82, 2.24) is 15.1 Å². The minimum atomic E-state index is -0.113. The summed E-state index contributed by atoms with van der Waals surface area (Å²) in [6, 6.07) is 17.5. The third kappa shape index (κ3) is 3.71. The molecule has 0 saturated heterocycles. The fourth-order valence-electron chi connectivity index (χ4n) is 2.75. The standard InChI is InChI=1S/C20H21N3O2/c1-14-9-10-19(25-3)16(11-14)13-23(2)20(24)18-12-17(21-22-18)15-7-5-4-6-8-15/h4-12H,13H2,1-3H3,(H,21,22). The van der Waals surface area contributed by atoms with Crippen LogP contribution >= 0.6 is 0 Å². The highest BCUT2D eigenvalue weighted by Gasteiger charge is 2.17. The molecule has 5 heteroatoms. The van der Waals surface area contributed by atoms with Crippen LogP contribution in [0.5, 0.6) is 5.75 Å². The molecule has 0 aliphatic heterocycles. The minimum Gasteiger partial charge on any atom is -0.496 e. The lowest BCUT2D eigenvalue weighted by atomic mass is 10.1. The smallest absolute Gasteiger partial charge is 0.271 e. The van der Waals surface area contributed by atoms with Crippen LogP contribution < -0.4 is 4.74 Å². The molecule has 5 nitrogen and oxygen atoms in total. The summed E-state index contributed by atoms with van der Waals surface area (Å²) in [6.45, 7) is 2.48. The van der Waals surface area contributed by atoms with Gasteiger partial charge in [-0.15, -0.1) is 0 Å². The van der Waals surface area contributed by atoms with Crippen LogP contribution in [0.4, 0.5) is 0 Å². The van der Waals surface area contributed by atoms with E-state index in [1.54, 1.807) is 25.1 Å². The van der Waals surface area contributed by atoms with Gasteiger partial charge in [0.2, 0.25) is 0 Å². The van der Waals surface area contributed by atoms with Crippen molar-refractivity contribution in [2.75, 3.05) is 14.2 Å². The van der Waals surface area contributed by atoms with Gasteiger partial charge in [-0.2, -0.15) is 5.10 Å². The third-order valence-electron chi connectivity index (χ3n) is 4.07. The van der Waals surface area contributed by atoms with E-state index in [-0.39, 0.29) is 5.91 Å². The lowest BCUT2D eigenvalue weighted by Gasteiger charge is -2.18. The molecular weight excluding hydrogens is 314 g/mol. The number of nitrogens with zero attached hydrogens (tertiary/aromatic N) is 2. The Labute approximate surface area is 147 Å². The molecule has 0 aliphatic rings. The number of hydrogen-bond donors (Lipinski definition) is 1. The van der Waals surface area contributed by atoms with Gasteiger partial charge in [-0.05, 0) is 19.1 Å². The van der Waals surface area contributed by atoms with Crippen LogP contribution in [0.25, 0.3) is 11.3 Å². The lowest BCUT2D eigenvalue weighted by molar-refractivity contribution is 0.0778. The van der Waals surface area contributed by atoms with Crippen LogP contribution in [0, 0.1) is 6.92 Å². The molecule has 1 amide bonds. The number of aromatic nitrogens is 2. The average Bonchev–Trinajstić information content (AvgIpc) is 3.12. The molecule has 2 aromatic carbocycles. The number of ether oxygens (including phenoxy) is 1. The molecule has 1 aromatic heterocycles. The highest BCUT2D eigenvalue weighted by atomic mass is 16.5. The van der Waals surface area contributed by atoms with E-state index < -0.39 is 0 Å². The second kappa shape index (κ2) is 7.21. The van der Waals surface area contributed by atoms with Gasteiger partial charge in [0.25, 0.3) is 5.91 Å². The summed E-state index contributed by atoms with van der Waals surface area (Å²) in [5.41, 5.74) is 4.30. The van der Waals surface area contributed by atoms with E-state index in [2.05, 4.69) is 10.2 Å². The van der Waals surface area contributed by atoms with E-state index in [9.17, 15) is 4.79 Å². The number of carbonyl (C=O) groups excluding carboxylic acids is 1. The highest BCUT2D eigenvalue weighted by Crippen LogP contribution is 2.22. The summed E-state index contributed by atoms with van der Waals surface area (Å²) in [5.74, 6) is 0.665. The molecule has 3 rings (SSSR count). The Morgan fingerprint density at radius 1 is 1.16 bits per heavy atom. The van der Waals surface area contributed by atoms with Gasteiger partial charge in [-0.3, -0.25) is 9.89 Å². The molecule has 1 heterocycles. The Hall–Kier alpha value is -3.08. The molecule has 3 aromatic rings. The van der Waals surface area contributed by atoms with Crippen molar-refractivity contribution in [3.05, 3.63) is 71.4 Å². The van der Waals surface area contributed by atoms with E-state index in [0.717, 1.165) is 28.1 Å². The van der Waals surface area contributed by atoms with Gasteiger partial charge in [0.1, 0.15) is 11.4 Å². The number of H-pyrrole nitrogens is 1. The second-order valence-electron chi connectivity index (χ2n) is 6.01. The highest BCUT2D eigenvalue weighted by molar-refractivity contribution is 5.93. The number of amides is 1. The Bertz CT molecular complexity index is 872. The van der Waals surface area contributed by atoms with E-state index in [4.69, 9.17) is 4.74 Å². The maximum Gasteiger partial charge on any atom is 0.271 e. The second-order valence-corrected chi connectivity index (χ2v) is 6.01. The van der Waals surface area contributed by atoms with Gasteiger partial charge in [0, 0.05) is 24.7 Å². The molecule has 25 heavy (non-hydrogen) atoms. The zero-order chi connectivity index (χ0) is 17.8. The van der Waals surface area contributed by atoms with Crippen LogP contribution in [0.1, 0.15) is 21.6 Å². The van der Waals surface area contributed by atoms with Crippen molar-refractivity contribution >= 4 is 5.91 Å². The Morgan fingerprint density at radius 3 is 2.64 bits per heavy atom. The predicted molar refractivity (Wildman–Crippen MR) is 97.6 cm³/mol. The summed E-state index contributed by atoms with van der Waals surface area (Å²) in [5, 5.41) is 7.09. The zero-order valence-corrected chi connectivity index (χ0v) is 14.6. The number of nitrogens with one attached hydrogen (secondary N) is 1. The van der Waals surface area contributed by atoms with Gasteiger partial charge in [0.15, 0.2) is 0 Å². The first-order valence-electron chi connectivity index (χ1n) is 8.08. The summed E-state index contributed by atoms with van der Waals surface area (Å²) in [4.78, 5) is 14.3. The first-order chi connectivity index (χ1) is 12.1. The molecule has 0 fully saturated rings. The minimum absolute atomic E-state index is 0.113. The molecule has 0 aliphatic carbocycles. The van der Waals surface area contributed by atoms with Crippen LogP contribution in [0.2, 0.25) is 0 Å². The van der Waals surface area contributed by atoms with Crippen LogP contribution in [0.15, 0.2) is 54.6 Å². The number of hydrogen-bond acceptors (Lipinski definition) is 3. The maximum atomic E-state index is 12.7. The first kappa shape index (κ1) is 16.8. The first-order valence-corrected chi connectivity index (χ1v) is 8.08. The summed E-state index contributed by atoms with van der Waals surface area (Å²) in [7, 11) is 3.41. The number of aromatic amines is 1. The van der Waals surface area contributed by atoms with E-state index in [1.165, 1.54) is 0 Å². The van der Waals surface area contributed by atoms with Gasteiger partial charge in [-0.25, -0.2) is 0 Å². The van der Waals surface area contributed by atoms with Gasteiger partial charge in [0.05, 0.1) is 12.8 Å². The van der Waals surface area contributed by atoms with Crippen molar-refractivity contribution in [1.29, 1.82) is 0 Å². The average molecular weight is 335 g/mol. The van der Waals surface area contributed by atoms with E-state index in [1.807, 2.05) is 55.5 Å². The molecule has 1 N–H and O–H groups in total. The van der Waals surface area contributed by atoms with Crippen molar-refractivity contribution in [3.8, 4) is 17.0 Å². The predicted octanol–water partition coefficient (Wildman–Crippen LogP) is 3.67. The molecule has 0 radical (unpaired) electrons. The summed E-state index contributed by atoms with van der Waals surface area (Å²) in [6.07, 6.45) is 0. The lowest BCUT2D eigenvalue weighted by Crippen LogP contribution is -2.26. The molecule has 128 valence electrons. The SMILES string of the molecule is COc1ccc(C)cc1CN(C)C(=O)c1cc(-c2ccccc2)n[nH]1. The van der Waals surface area contributed by atoms with Crippen molar-refractivity contribution in [2.24, 2.45) is 0 Å². The number of benzene rings is 2. The zero-order valence-electron chi connectivity index (χ0n) is 14.6. The fourth-order valence-corrected chi connectivity index (χ4v) is 2.75. The van der Waals surface area contributed by atoms with Gasteiger partial charge < -0.3 is 9.64 Å². The summed E-state index contributed by atoms with van der Waals surface area (Å²) >= 11 is 0. The van der Waals surface area contributed by atoms with Crippen LogP contribution in [-0.4, -0.2) is 35.2 Å². The van der Waals surface area contributed by atoms with Crippen molar-refractivity contribution in [2.45, 2.75) is 13.5 Å². The Morgan fingerprint density at radius 2 is 1.92 bits per heavy atom. The molecule has 0 bridgehead atoms. The Balaban J connectivity index is 1.77. The number of aryl methyl sites for hydroxylation is 1. The van der Waals surface area contributed by atoms with E-state index in [0.29, 0.717) is 12.2 Å². The topological polar surface area (TPSA) is 58.2 Å². The third-order valence-corrected chi connectivity index (χ3v) is 4.07. The summed E-state index contributed by atoms with van der Waals surface area (Å²) < 4.78 is 5.39. The molecule has 0 spiro atoms. The molecular formula is C20H21N3O2. The van der Waals surface area contributed by atoms with Crippen molar-refractivity contribution in [3.63, 3.8) is 0 Å². The monoisotopic (exact) mass is 335 g/mol. The van der Waals surface area contributed by atoms with Crippen LogP contribution in [-0.2, 0) is 6.54 Å². The maximum absolute atomic E-state index is 12.7. The molecule has 0 saturated carbocycles. The molecule has 0 unspecified atom stereocenters. The number of rotatable bonds is 5. The van der Waals surface area contributed by atoms with Crippen LogP contribution in [0.3, 0.4) is 0 Å². The number of carbonyl (C=O) groups is 1. The normalized spacial score (nSPS) is 10.5. The van der Waals surface area contributed by atoms with Gasteiger partial charge >= 0.3 is 0 Å². The van der Waals surface area contributed by atoms with Crippen molar-refractivity contribution < 1.29 is 9.53 Å². The van der Waals surface area contributed by atoms with E-state index >= 15 is 0 Å². The molecule has 0 atom stereocenters. The fraction of sp³-hybridized carbons (Fsp3) is 0.200. The number of methoxy groups -OCH3 is 1. The quantitative estimate of drug-likeness (QED) is 0.774. The largest absolute Gasteiger partial charge is 0.496 e.